The van der Waals surface area contributed by atoms with Gasteiger partial charge < -0.3 is 5.32 Å². The fourth-order valence-corrected chi connectivity index (χ4v) is 3.44. The topological polar surface area (TPSA) is 12.0 Å². The lowest BCUT2D eigenvalue weighted by Gasteiger charge is -2.16. The minimum absolute atomic E-state index is 0.250. The van der Waals surface area contributed by atoms with E-state index in [2.05, 4.69) is 5.32 Å². The summed E-state index contributed by atoms with van der Waals surface area (Å²) in [5, 5.41) is 3.24. The van der Waals surface area contributed by atoms with E-state index in [-0.39, 0.29) is 5.92 Å². The van der Waals surface area contributed by atoms with Crippen LogP contribution in [0.4, 0.5) is 18.9 Å². The SMILES string of the molecule is FC(F)(F)c1ccc2c(c1)C(CC1CCCC1)CN2. The summed E-state index contributed by atoms with van der Waals surface area (Å²) in [4.78, 5) is 0. The molecule has 1 unspecified atom stereocenters. The molecule has 0 saturated heterocycles. The highest BCUT2D eigenvalue weighted by Crippen LogP contribution is 2.42. The van der Waals surface area contributed by atoms with E-state index < -0.39 is 11.7 Å². The first kappa shape index (κ1) is 12.8. The molecule has 0 amide bonds. The number of halogens is 3. The summed E-state index contributed by atoms with van der Waals surface area (Å²) in [5.41, 5.74) is 1.23. The molecule has 1 heterocycles. The van der Waals surface area contributed by atoms with Gasteiger partial charge in [-0.15, -0.1) is 0 Å². The lowest BCUT2D eigenvalue weighted by atomic mass is 9.88. The van der Waals surface area contributed by atoms with E-state index in [4.69, 9.17) is 0 Å². The Kier molecular flexibility index (Phi) is 3.19. The summed E-state index contributed by atoms with van der Waals surface area (Å²) < 4.78 is 38.3. The van der Waals surface area contributed by atoms with Gasteiger partial charge in [0.1, 0.15) is 0 Å². The minimum Gasteiger partial charge on any atom is -0.384 e. The summed E-state index contributed by atoms with van der Waals surface area (Å²) in [6, 6.07) is 4.09. The smallest absolute Gasteiger partial charge is 0.384 e. The molecule has 0 aromatic heterocycles. The zero-order valence-corrected chi connectivity index (χ0v) is 10.8. The highest BCUT2D eigenvalue weighted by molar-refractivity contribution is 5.59. The molecule has 1 aliphatic heterocycles. The van der Waals surface area contributed by atoms with Gasteiger partial charge >= 0.3 is 6.18 Å². The normalized spacial score (nSPS) is 23.4. The van der Waals surface area contributed by atoms with Crippen molar-refractivity contribution in [3.05, 3.63) is 29.3 Å². The second-order valence-corrected chi connectivity index (χ2v) is 5.76. The van der Waals surface area contributed by atoms with Gasteiger partial charge in [-0.3, -0.25) is 0 Å². The van der Waals surface area contributed by atoms with Crippen LogP contribution in [0.15, 0.2) is 18.2 Å². The molecular weight excluding hydrogens is 251 g/mol. The zero-order valence-electron chi connectivity index (χ0n) is 10.8. The van der Waals surface area contributed by atoms with E-state index in [1.165, 1.54) is 37.8 Å². The van der Waals surface area contributed by atoms with Crippen LogP contribution in [-0.4, -0.2) is 6.54 Å². The second-order valence-electron chi connectivity index (χ2n) is 5.76. The van der Waals surface area contributed by atoms with Gasteiger partial charge in [0.25, 0.3) is 0 Å². The minimum atomic E-state index is -4.24. The van der Waals surface area contributed by atoms with Crippen LogP contribution in [-0.2, 0) is 6.18 Å². The van der Waals surface area contributed by atoms with Gasteiger partial charge in [0.05, 0.1) is 5.56 Å². The van der Waals surface area contributed by atoms with Gasteiger partial charge in [-0.25, -0.2) is 0 Å². The molecule has 1 N–H and O–H groups in total. The van der Waals surface area contributed by atoms with Crippen molar-refractivity contribution in [2.75, 3.05) is 11.9 Å². The third kappa shape index (κ3) is 2.58. The Labute approximate surface area is 111 Å². The Hall–Kier alpha value is -1.19. The summed E-state index contributed by atoms with van der Waals surface area (Å²) in [6.45, 7) is 0.785. The van der Waals surface area contributed by atoms with Gasteiger partial charge in [0.15, 0.2) is 0 Å². The van der Waals surface area contributed by atoms with Crippen molar-refractivity contribution >= 4 is 5.69 Å². The Balaban J connectivity index is 1.81. The Morgan fingerprint density at radius 3 is 2.58 bits per heavy atom. The van der Waals surface area contributed by atoms with Crippen molar-refractivity contribution in [3.8, 4) is 0 Å². The van der Waals surface area contributed by atoms with Crippen molar-refractivity contribution in [2.45, 2.75) is 44.2 Å². The fraction of sp³-hybridized carbons (Fsp3) is 0.600. The van der Waals surface area contributed by atoms with E-state index in [9.17, 15) is 13.2 Å². The number of benzene rings is 1. The largest absolute Gasteiger partial charge is 0.416 e. The van der Waals surface area contributed by atoms with Gasteiger partial charge in [0.2, 0.25) is 0 Å². The number of fused-ring (bicyclic) bond motifs is 1. The summed E-state index contributed by atoms with van der Waals surface area (Å²) in [6.07, 6.45) is 1.83. The monoisotopic (exact) mass is 269 g/mol. The molecule has 3 rings (SSSR count). The van der Waals surface area contributed by atoms with Gasteiger partial charge in [-0.1, -0.05) is 25.7 Å². The first-order valence-electron chi connectivity index (χ1n) is 6.99. The van der Waals surface area contributed by atoms with Gasteiger partial charge in [-0.2, -0.15) is 13.2 Å². The van der Waals surface area contributed by atoms with Crippen LogP contribution in [0, 0.1) is 5.92 Å². The van der Waals surface area contributed by atoms with Crippen molar-refractivity contribution in [1.29, 1.82) is 0 Å². The molecule has 1 nitrogen and oxygen atoms in total. The predicted molar refractivity (Wildman–Crippen MR) is 69.2 cm³/mol. The third-order valence-electron chi connectivity index (χ3n) is 4.45. The number of rotatable bonds is 2. The van der Waals surface area contributed by atoms with Crippen molar-refractivity contribution in [1.82, 2.24) is 0 Å². The molecule has 1 aromatic carbocycles. The Morgan fingerprint density at radius 1 is 1.16 bits per heavy atom. The number of hydrogen-bond donors (Lipinski definition) is 1. The van der Waals surface area contributed by atoms with Crippen molar-refractivity contribution in [2.24, 2.45) is 5.92 Å². The van der Waals surface area contributed by atoms with Crippen LogP contribution in [0.25, 0.3) is 0 Å². The molecule has 0 radical (unpaired) electrons. The highest BCUT2D eigenvalue weighted by atomic mass is 19.4. The maximum absolute atomic E-state index is 12.8. The average Bonchev–Trinajstić information content (AvgIpc) is 2.98. The molecule has 0 spiro atoms. The molecular formula is C15H18F3N. The van der Waals surface area contributed by atoms with Crippen LogP contribution < -0.4 is 5.32 Å². The number of alkyl halides is 3. The quantitative estimate of drug-likeness (QED) is 0.813. The molecule has 2 aliphatic rings. The maximum Gasteiger partial charge on any atom is 0.416 e. The van der Waals surface area contributed by atoms with Crippen LogP contribution in [0.3, 0.4) is 0 Å². The predicted octanol–water partition coefficient (Wildman–Crippen LogP) is 4.79. The molecule has 0 bridgehead atoms. The first-order chi connectivity index (χ1) is 9.04. The standard InChI is InChI=1S/C15H18F3N/c16-15(17,18)12-5-6-14-13(8-12)11(9-19-14)7-10-3-1-2-4-10/h5-6,8,10-11,19H,1-4,7,9H2. The van der Waals surface area contributed by atoms with Crippen LogP contribution in [0.1, 0.15) is 49.1 Å². The maximum atomic E-state index is 12.8. The summed E-state index contributed by atoms with van der Waals surface area (Å²) in [5.74, 6) is 0.952. The molecule has 1 saturated carbocycles. The molecule has 4 heteroatoms. The van der Waals surface area contributed by atoms with E-state index >= 15 is 0 Å². The van der Waals surface area contributed by atoms with Crippen LogP contribution in [0.2, 0.25) is 0 Å². The first-order valence-corrected chi connectivity index (χ1v) is 6.99. The average molecular weight is 269 g/mol. The molecule has 1 aliphatic carbocycles. The van der Waals surface area contributed by atoms with Crippen molar-refractivity contribution in [3.63, 3.8) is 0 Å². The van der Waals surface area contributed by atoms with Crippen LogP contribution >= 0.6 is 0 Å². The molecule has 104 valence electrons. The van der Waals surface area contributed by atoms with Crippen LogP contribution in [0.5, 0.6) is 0 Å². The second kappa shape index (κ2) is 4.73. The van der Waals surface area contributed by atoms with E-state index in [1.807, 2.05) is 0 Å². The molecule has 1 fully saturated rings. The van der Waals surface area contributed by atoms with Crippen molar-refractivity contribution < 1.29 is 13.2 Å². The van der Waals surface area contributed by atoms with E-state index in [0.717, 1.165) is 24.2 Å². The van der Waals surface area contributed by atoms with Gasteiger partial charge in [-0.05, 0) is 36.1 Å². The highest BCUT2D eigenvalue weighted by Gasteiger charge is 2.34. The molecule has 19 heavy (non-hydrogen) atoms. The summed E-state index contributed by atoms with van der Waals surface area (Å²) >= 11 is 0. The fourth-order valence-electron chi connectivity index (χ4n) is 3.44. The number of anilines is 1. The summed E-state index contributed by atoms with van der Waals surface area (Å²) in [7, 11) is 0. The Morgan fingerprint density at radius 2 is 1.89 bits per heavy atom. The molecule has 1 aromatic rings. The lowest BCUT2D eigenvalue weighted by molar-refractivity contribution is -0.137. The van der Waals surface area contributed by atoms with Gasteiger partial charge in [0, 0.05) is 18.2 Å². The number of nitrogens with one attached hydrogen (secondary N) is 1. The van der Waals surface area contributed by atoms with E-state index in [1.54, 1.807) is 6.07 Å². The Bertz CT molecular complexity index is 461. The zero-order chi connectivity index (χ0) is 13.5. The number of hydrogen-bond acceptors (Lipinski definition) is 1. The van der Waals surface area contributed by atoms with E-state index in [0.29, 0.717) is 5.92 Å². The lowest BCUT2D eigenvalue weighted by Crippen LogP contribution is -2.08. The molecule has 1 atom stereocenters. The third-order valence-corrected chi connectivity index (χ3v) is 4.45.